The van der Waals surface area contributed by atoms with Crippen LogP contribution in [0.2, 0.25) is 0 Å². The number of carbonyl (C=O) groups is 5. The summed E-state index contributed by atoms with van der Waals surface area (Å²) in [6, 6.07) is 27.5. The first-order valence-electron chi connectivity index (χ1n) is 20.3. The van der Waals surface area contributed by atoms with E-state index in [2.05, 4.69) is 10.3 Å². The summed E-state index contributed by atoms with van der Waals surface area (Å²) in [4.78, 5) is 65.4. The smallest absolute Gasteiger partial charge is 0.338 e. The molecule has 1 aromatic heterocycles. The summed E-state index contributed by atoms with van der Waals surface area (Å²) in [5.74, 6) is -4.02. The molecule has 18 heteroatoms. The Bertz CT molecular complexity index is 2300. The average Bonchev–Trinajstić information content (AvgIpc) is 3.26. The number of thiocarbonyl (C=S) groups is 1. The second kappa shape index (κ2) is 22.2. The van der Waals surface area contributed by atoms with E-state index in [9.17, 15) is 34.2 Å². The second-order valence-corrected chi connectivity index (χ2v) is 16.5. The highest BCUT2D eigenvalue weighted by Crippen LogP contribution is 2.48. The zero-order valence-electron chi connectivity index (χ0n) is 35.3. The van der Waals surface area contributed by atoms with Gasteiger partial charge in [0.15, 0.2) is 24.6 Å². The zero-order valence-corrected chi connectivity index (χ0v) is 37.0. The quantitative estimate of drug-likeness (QED) is 0.0489. The highest BCUT2D eigenvalue weighted by atomic mass is 32.2. The molecule has 0 spiro atoms. The van der Waals surface area contributed by atoms with Crippen molar-refractivity contribution in [2.24, 2.45) is 0 Å². The van der Waals surface area contributed by atoms with E-state index in [0.717, 1.165) is 37.5 Å². The molecule has 338 valence electrons. The second-order valence-electron chi connectivity index (χ2n) is 15.0. The number of anilines is 1. The number of nitrogens with zero attached hydrogens (tertiary/aromatic N) is 1. The van der Waals surface area contributed by atoms with Gasteiger partial charge in [0.05, 0.1) is 29.4 Å². The van der Waals surface area contributed by atoms with Crippen LogP contribution >= 0.6 is 24.0 Å². The molecule has 2 aliphatic heterocycles. The van der Waals surface area contributed by atoms with Gasteiger partial charge >= 0.3 is 29.8 Å². The first-order valence-corrected chi connectivity index (χ1v) is 21.7. The number of esters is 4. The zero-order chi connectivity index (χ0) is 45.9. The summed E-state index contributed by atoms with van der Waals surface area (Å²) < 4.78 is 41.8. The van der Waals surface area contributed by atoms with Crippen molar-refractivity contribution in [2.45, 2.75) is 101 Å². The lowest BCUT2D eigenvalue weighted by atomic mass is 9.84. The molecule has 0 saturated carbocycles. The Balaban J connectivity index is 1.29. The van der Waals surface area contributed by atoms with Gasteiger partial charge in [0.2, 0.25) is 0 Å². The van der Waals surface area contributed by atoms with Crippen LogP contribution in [-0.2, 0) is 58.9 Å². The van der Waals surface area contributed by atoms with Crippen molar-refractivity contribution in [3.05, 3.63) is 125 Å². The highest BCUT2D eigenvalue weighted by Gasteiger charge is 2.52. The van der Waals surface area contributed by atoms with E-state index in [1.165, 1.54) is 24.8 Å². The third-order valence-electron chi connectivity index (χ3n) is 10.3. The van der Waals surface area contributed by atoms with Crippen molar-refractivity contribution in [3.63, 3.8) is 0 Å². The predicted molar refractivity (Wildman–Crippen MR) is 234 cm³/mol. The molecule has 0 amide bonds. The summed E-state index contributed by atoms with van der Waals surface area (Å²) in [5, 5.41) is 23.3. The van der Waals surface area contributed by atoms with Crippen LogP contribution in [0.25, 0.3) is 0 Å². The lowest BCUT2D eigenvalue weighted by Crippen LogP contribution is -2.62. The number of ether oxygens (including phenoxy) is 7. The SMILES string of the molecule is CC(=O)OCC1OC(CC(=S)Nc2cccc(C3OC(CSc4ncccc4C(=O)O)C(c4ccccc4)C(c4ccc(CO)cc4)O3)c2)C(OC(C)=O)C(OC(C)=O)C1OC(C)=O. The van der Waals surface area contributed by atoms with E-state index in [1.807, 2.05) is 60.7 Å². The number of carbonyl (C=O) groups excluding carboxylic acids is 4. The maximum absolute atomic E-state index is 12.4. The minimum Gasteiger partial charge on any atom is -0.478 e. The molecule has 4 aromatic rings. The third-order valence-corrected chi connectivity index (χ3v) is 11.6. The van der Waals surface area contributed by atoms with Crippen molar-refractivity contribution in [3.8, 4) is 0 Å². The topological polar surface area (TPSA) is 215 Å². The standard InChI is InChI=1S/C46H48N2O14S2/c1-25(50)56-23-36-42(58-27(3)52)43(59-28(4)53)41(57-26(2)51)35(60-36)21-38(63)48-33-13-8-12-32(20-33)46-61-37(24-64-44-34(45(54)55)14-9-19-47-44)39(30-10-6-5-7-11-30)40(62-46)31-17-15-29(22-49)16-18-31/h5-20,35-37,39-43,46,49H,21-24H2,1-4H3,(H,48,63)(H,54,55). The van der Waals surface area contributed by atoms with Gasteiger partial charge in [0.1, 0.15) is 23.8 Å². The fourth-order valence-corrected chi connectivity index (χ4v) is 8.96. The molecular weight excluding hydrogens is 869 g/mol. The number of hydrogen-bond donors (Lipinski definition) is 3. The maximum atomic E-state index is 12.4. The molecule has 2 saturated heterocycles. The van der Waals surface area contributed by atoms with Crippen LogP contribution in [0.1, 0.15) is 85.0 Å². The average molecular weight is 917 g/mol. The molecule has 2 fully saturated rings. The van der Waals surface area contributed by atoms with Crippen LogP contribution in [-0.4, -0.2) is 99.0 Å². The van der Waals surface area contributed by atoms with Gasteiger partial charge in [-0.05, 0) is 41.0 Å². The van der Waals surface area contributed by atoms with E-state index >= 15 is 0 Å². The number of thioether (sulfide) groups is 1. The number of pyridine rings is 1. The number of nitrogens with one attached hydrogen (secondary N) is 1. The number of benzene rings is 3. The number of aromatic nitrogens is 1. The number of aliphatic hydroxyl groups is 1. The van der Waals surface area contributed by atoms with Crippen LogP contribution in [0.15, 0.2) is 102 Å². The molecule has 6 rings (SSSR count). The van der Waals surface area contributed by atoms with Crippen molar-refractivity contribution in [2.75, 3.05) is 17.7 Å². The summed E-state index contributed by atoms with van der Waals surface area (Å²) >= 11 is 7.08. The summed E-state index contributed by atoms with van der Waals surface area (Å²) in [7, 11) is 0. The lowest BCUT2D eigenvalue weighted by molar-refractivity contribution is -0.255. The molecule has 3 N–H and O–H groups in total. The largest absolute Gasteiger partial charge is 0.478 e. The van der Waals surface area contributed by atoms with Crippen LogP contribution in [0.5, 0.6) is 0 Å². The van der Waals surface area contributed by atoms with Gasteiger partial charge in [-0.3, -0.25) is 19.2 Å². The molecule has 64 heavy (non-hydrogen) atoms. The molecule has 9 atom stereocenters. The molecule has 0 bridgehead atoms. The molecule has 0 radical (unpaired) electrons. The summed E-state index contributed by atoms with van der Waals surface area (Å²) in [6.45, 7) is 4.14. The van der Waals surface area contributed by atoms with Gasteiger partial charge in [0.25, 0.3) is 0 Å². The lowest BCUT2D eigenvalue weighted by Gasteiger charge is -2.44. The van der Waals surface area contributed by atoms with Crippen LogP contribution < -0.4 is 5.32 Å². The van der Waals surface area contributed by atoms with Gasteiger partial charge in [-0.2, -0.15) is 0 Å². The molecule has 9 unspecified atom stereocenters. The molecule has 3 heterocycles. The molecular formula is C46H48N2O14S2. The van der Waals surface area contributed by atoms with Crippen molar-refractivity contribution < 1.29 is 67.3 Å². The number of carboxylic acid groups (broad SMARTS) is 1. The Hall–Kier alpha value is -5.76. The minimum atomic E-state index is -1.34. The molecule has 2 aliphatic rings. The van der Waals surface area contributed by atoms with Crippen molar-refractivity contribution >= 4 is 64.5 Å². The van der Waals surface area contributed by atoms with Crippen molar-refractivity contribution in [1.82, 2.24) is 4.98 Å². The maximum Gasteiger partial charge on any atom is 0.338 e. The Kier molecular flexibility index (Phi) is 16.6. The van der Waals surface area contributed by atoms with Gasteiger partial charge in [0, 0.05) is 63.2 Å². The molecule has 16 nitrogen and oxygen atoms in total. The predicted octanol–water partition coefficient (Wildman–Crippen LogP) is 6.26. The number of aromatic carboxylic acids is 1. The monoisotopic (exact) mass is 916 g/mol. The van der Waals surface area contributed by atoms with Crippen LogP contribution in [0.4, 0.5) is 5.69 Å². The number of aliphatic hydroxyl groups excluding tert-OH is 1. The number of rotatable bonds is 16. The number of carboxylic acids is 1. The third kappa shape index (κ3) is 12.5. The Morgan fingerprint density at radius 1 is 0.719 bits per heavy atom. The van der Waals surface area contributed by atoms with Crippen LogP contribution in [0, 0.1) is 0 Å². The van der Waals surface area contributed by atoms with Crippen molar-refractivity contribution in [1.29, 1.82) is 0 Å². The van der Waals surface area contributed by atoms with Gasteiger partial charge in [-0.15, -0.1) is 11.8 Å². The first-order chi connectivity index (χ1) is 30.7. The Labute approximate surface area is 378 Å². The normalized spacial score (nSPS) is 24.1. The van der Waals surface area contributed by atoms with Gasteiger partial charge in [-0.1, -0.05) is 78.9 Å². The Morgan fingerprint density at radius 2 is 1.38 bits per heavy atom. The fourth-order valence-electron chi connectivity index (χ4n) is 7.62. The highest BCUT2D eigenvalue weighted by molar-refractivity contribution is 7.99. The Morgan fingerprint density at radius 3 is 2.02 bits per heavy atom. The molecule has 0 aliphatic carbocycles. The first kappa shape index (κ1) is 47.7. The van der Waals surface area contributed by atoms with Gasteiger partial charge < -0.3 is 48.7 Å². The van der Waals surface area contributed by atoms with E-state index in [1.54, 1.807) is 30.5 Å². The van der Waals surface area contributed by atoms with E-state index < -0.39 is 78.9 Å². The van der Waals surface area contributed by atoms with E-state index in [4.69, 9.17) is 45.4 Å². The van der Waals surface area contributed by atoms with E-state index in [0.29, 0.717) is 22.0 Å². The van der Waals surface area contributed by atoms with E-state index in [-0.39, 0.29) is 36.1 Å². The van der Waals surface area contributed by atoms with Gasteiger partial charge in [-0.25, -0.2) is 9.78 Å². The minimum absolute atomic E-state index is 0.0714. The summed E-state index contributed by atoms with van der Waals surface area (Å²) in [6.07, 6.45) is -6.74. The van der Waals surface area contributed by atoms with Crippen LogP contribution in [0.3, 0.4) is 0 Å². The summed E-state index contributed by atoms with van der Waals surface area (Å²) in [5.41, 5.74) is 3.71. The number of hydrogen-bond acceptors (Lipinski definition) is 16. The molecule has 3 aromatic carbocycles. The fraction of sp³-hybridized carbons (Fsp3) is 0.370.